The van der Waals surface area contributed by atoms with Crippen LogP contribution in [0.25, 0.3) is 0 Å². The van der Waals surface area contributed by atoms with Crippen LogP contribution in [-0.2, 0) is 14.8 Å². The van der Waals surface area contributed by atoms with Crippen LogP contribution in [0.3, 0.4) is 0 Å². The first kappa shape index (κ1) is 16.7. The zero-order valence-corrected chi connectivity index (χ0v) is 14.5. The number of carbonyl (C=O) groups excluding carboxylic acids is 1. The maximum atomic E-state index is 12.2. The molecule has 0 N–H and O–H groups in total. The molecule has 0 saturated carbocycles. The first-order chi connectivity index (χ1) is 9.77. The van der Waals surface area contributed by atoms with Gasteiger partial charge in [0.1, 0.15) is 5.75 Å². The predicted octanol–water partition coefficient (Wildman–Crippen LogP) is 2.68. The fraction of sp³-hybridized carbons (Fsp3) is 0.462. The predicted molar refractivity (Wildman–Crippen MR) is 83.9 cm³/mol. The van der Waals surface area contributed by atoms with Gasteiger partial charge in [-0.2, -0.15) is 0 Å². The van der Waals surface area contributed by atoms with E-state index in [0.29, 0.717) is 34.6 Å². The lowest BCUT2D eigenvalue weighted by Crippen LogP contribution is -2.42. The fourth-order valence-electron chi connectivity index (χ4n) is 2.19. The van der Waals surface area contributed by atoms with Gasteiger partial charge in [-0.3, -0.25) is 4.79 Å². The Balaban J connectivity index is 2.06. The number of ether oxygens (including phenoxy) is 1. The van der Waals surface area contributed by atoms with E-state index in [9.17, 15) is 13.2 Å². The topological polar surface area (TPSA) is 63.7 Å². The number of piperidine rings is 1. The van der Waals surface area contributed by atoms with Crippen molar-refractivity contribution in [1.82, 2.24) is 4.31 Å². The van der Waals surface area contributed by atoms with Gasteiger partial charge in [0.25, 0.3) is 0 Å². The van der Waals surface area contributed by atoms with Crippen LogP contribution in [0, 0.1) is 5.92 Å². The minimum atomic E-state index is -3.28. The van der Waals surface area contributed by atoms with Crippen LogP contribution in [0.2, 0.25) is 5.02 Å². The standard InChI is InChI=1S/C13H15BrClNO4S/c1-21(18,19)16-6-2-3-9(8-16)13(17)20-12-5-4-10(15)7-11(12)14/h4-5,7,9H,2-3,6,8H2,1H3. The largest absolute Gasteiger partial charge is 0.425 e. The van der Waals surface area contributed by atoms with E-state index in [0.717, 1.165) is 6.26 Å². The molecule has 1 aromatic rings. The second kappa shape index (κ2) is 6.64. The number of hydrogen-bond acceptors (Lipinski definition) is 4. The number of esters is 1. The second-order valence-electron chi connectivity index (χ2n) is 4.96. The number of sulfonamides is 1. The van der Waals surface area contributed by atoms with Gasteiger partial charge in [0.05, 0.1) is 16.6 Å². The van der Waals surface area contributed by atoms with Gasteiger partial charge < -0.3 is 4.74 Å². The highest BCUT2D eigenvalue weighted by atomic mass is 79.9. The fourth-order valence-corrected chi connectivity index (χ4v) is 3.86. The Kier molecular flexibility index (Phi) is 5.29. The second-order valence-corrected chi connectivity index (χ2v) is 8.23. The molecule has 1 aliphatic heterocycles. The molecule has 1 aromatic carbocycles. The highest BCUT2D eigenvalue weighted by molar-refractivity contribution is 9.10. The molecular weight excluding hydrogens is 382 g/mol. The number of rotatable bonds is 3. The molecule has 0 radical (unpaired) electrons. The molecule has 0 spiro atoms. The summed E-state index contributed by atoms with van der Waals surface area (Å²) in [6, 6.07) is 4.86. The zero-order valence-electron chi connectivity index (χ0n) is 11.4. The number of benzene rings is 1. The van der Waals surface area contributed by atoms with Gasteiger partial charge in [-0.1, -0.05) is 11.6 Å². The molecule has 8 heteroatoms. The molecule has 1 atom stereocenters. The van der Waals surface area contributed by atoms with Crippen molar-refractivity contribution in [3.05, 3.63) is 27.7 Å². The lowest BCUT2D eigenvalue weighted by Gasteiger charge is -2.29. The van der Waals surface area contributed by atoms with E-state index in [1.807, 2.05) is 0 Å². The molecule has 1 unspecified atom stereocenters. The van der Waals surface area contributed by atoms with Crippen LogP contribution in [0.5, 0.6) is 5.75 Å². The average Bonchev–Trinajstić information content (AvgIpc) is 2.41. The van der Waals surface area contributed by atoms with Gasteiger partial charge in [0, 0.05) is 18.1 Å². The van der Waals surface area contributed by atoms with Crippen LogP contribution in [0.1, 0.15) is 12.8 Å². The molecule has 0 bridgehead atoms. The van der Waals surface area contributed by atoms with Crippen LogP contribution in [-0.4, -0.2) is 38.0 Å². The SMILES string of the molecule is CS(=O)(=O)N1CCCC(C(=O)Oc2ccc(Cl)cc2Br)C1. The summed E-state index contributed by atoms with van der Waals surface area (Å²) >= 11 is 9.10. The minimum absolute atomic E-state index is 0.170. The molecule has 2 rings (SSSR count). The third-order valence-electron chi connectivity index (χ3n) is 3.29. The van der Waals surface area contributed by atoms with E-state index in [-0.39, 0.29) is 6.54 Å². The smallest absolute Gasteiger partial charge is 0.315 e. The van der Waals surface area contributed by atoms with E-state index in [1.54, 1.807) is 18.2 Å². The third kappa shape index (κ3) is 4.42. The van der Waals surface area contributed by atoms with E-state index in [4.69, 9.17) is 16.3 Å². The highest BCUT2D eigenvalue weighted by Crippen LogP contribution is 2.29. The van der Waals surface area contributed by atoms with Crippen LogP contribution < -0.4 is 4.74 Å². The minimum Gasteiger partial charge on any atom is -0.425 e. The van der Waals surface area contributed by atoms with Crippen molar-refractivity contribution in [2.45, 2.75) is 12.8 Å². The summed E-state index contributed by atoms with van der Waals surface area (Å²) in [5, 5.41) is 0.530. The summed E-state index contributed by atoms with van der Waals surface area (Å²) in [6.45, 7) is 0.621. The van der Waals surface area contributed by atoms with Crippen LogP contribution in [0.15, 0.2) is 22.7 Å². The van der Waals surface area contributed by atoms with Crippen molar-refractivity contribution >= 4 is 43.5 Å². The Morgan fingerprint density at radius 2 is 2.19 bits per heavy atom. The Morgan fingerprint density at radius 3 is 2.81 bits per heavy atom. The Labute approximate surface area is 137 Å². The number of hydrogen-bond donors (Lipinski definition) is 0. The van der Waals surface area contributed by atoms with E-state index in [2.05, 4.69) is 15.9 Å². The van der Waals surface area contributed by atoms with Gasteiger partial charge in [-0.15, -0.1) is 0 Å². The van der Waals surface area contributed by atoms with Crippen molar-refractivity contribution in [1.29, 1.82) is 0 Å². The van der Waals surface area contributed by atoms with Gasteiger partial charge >= 0.3 is 5.97 Å². The highest BCUT2D eigenvalue weighted by Gasteiger charge is 2.31. The third-order valence-corrected chi connectivity index (χ3v) is 5.42. The average molecular weight is 397 g/mol. The Morgan fingerprint density at radius 1 is 1.48 bits per heavy atom. The summed E-state index contributed by atoms with van der Waals surface area (Å²) in [5.41, 5.74) is 0. The lowest BCUT2D eigenvalue weighted by molar-refractivity contribution is -0.140. The molecule has 1 saturated heterocycles. The first-order valence-corrected chi connectivity index (χ1v) is 9.41. The monoisotopic (exact) mass is 395 g/mol. The summed E-state index contributed by atoms with van der Waals surface area (Å²) in [5.74, 6) is -0.497. The molecule has 0 aromatic heterocycles. The van der Waals surface area contributed by atoms with Gasteiger partial charge in [0.2, 0.25) is 10.0 Å². The number of halogens is 2. The molecule has 1 fully saturated rings. The van der Waals surface area contributed by atoms with Gasteiger partial charge in [-0.05, 0) is 47.0 Å². The number of nitrogens with zero attached hydrogens (tertiary/aromatic N) is 1. The summed E-state index contributed by atoms with van der Waals surface area (Å²) in [7, 11) is -3.28. The molecule has 0 aliphatic carbocycles. The van der Waals surface area contributed by atoms with Gasteiger partial charge in [-0.25, -0.2) is 12.7 Å². The molecule has 116 valence electrons. The Hall–Kier alpha value is -0.630. The maximum Gasteiger partial charge on any atom is 0.315 e. The lowest BCUT2D eigenvalue weighted by atomic mass is 10.00. The number of carbonyl (C=O) groups is 1. The summed E-state index contributed by atoms with van der Waals surface area (Å²) in [4.78, 5) is 12.2. The molecule has 21 heavy (non-hydrogen) atoms. The van der Waals surface area contributed by atoms with Crippen LogP contribution >= 0.6 is 27.5 Å². The molecule has 5 nitrogen and oxygen atoms in total. The maximum absolute atomic E-state index is 12.2. The molecule has 0 amide bonds. The molecule has 1 aliphatic rings. The van der Waals surface area contributed by atoms with Crippen molar-refractivity contribution in [2.24, 2.45) is 5.92 Å². The van der Waals surface area contributed by atoms with E-state index >= 15 is 0 Å². The van der Waals surface area contributed by atoms with Crippen molar-refractivity contribution in [2.75, 3.05) is 19.3 Å². The normalized spacial score (nSPS) is 20.2. The molecule has 1 heterocycles. The van der Waals surface area contributed by atoms with E-state index in [1.165, 1.54) is 4.31 Å². The molecular formula is C13H15BrClNO4S. The summed E-state index contributed by atoms with van der Waals surface area (Å²) < 4.78 is 30.3. The van der Waals surface area contributed by atoms with Gasteiger partial charge in [0.15, 0.2) is 0 Å². The summed E-state index contributed by atoms with van der Waals surface area (Å²) in [6.07, 6.45) is 2.42. The van der Waals surface area contributed by atoms with Crippen LogP contribution in [0.4, 0.5) is 0 Å². The zero-order chi connectivity index (χ0) is 15.6. The van der Waals surface area contributed by atoms with Crippen molar-refractivity contribution < 1.29 is 17.9 Å². The Bertz CT molecular complexity index is 650. The quantitative estimate of drug-likeness (QED) is 0.582. The van der Waals surface area contributed by atoms with Crippen molar-refractivity contribution in [3.63, 3.8) is 0 Å². The van der Waals surface area contributed by atoms with Crippen molar-refractivity contribution in [3.8, 4) is 5.75 Å². The van der Waals surface area contributed by atoms with E-state index < -0.39 is 21.9 Å². The first-order valence-electron chi connectivity index (χ1n) is 6.39.